The molecule has 5 heteroatoms. The summed E-state index contributed by atoms with van der Waals surface area (Å²) in [5, 5.41) is 13.1. The summed E-state index contributed by atoms with van der Waals surface area (Å²) in [6, 6.07) is 18.7. The summed E-state index contributed by atoms with van der Waals surface area (Å²) in [4.78, 5) is 2.54. The van der Waals surface area contributed by atoms with Crippen LogP contribution in [-0.2, 0) is 6.42 Å². The lowest BCUT2D eigenvalue weighted by Crippen LogP contribution is -2.45. The monoisotopic (exact) mass is 354 g/mol. The van der Waals surface area contributed by atoms with E-state index in [0.717, 1.165) is 32.6 Å². The van der Waals surface area contributed by atoms with Crippen LogP contribution >= 0.6 is 24.8 Å². The van der Waals surface area contributed by atoms with Gasteiger partial charge in [-0.3, -0.25) is 4.90 Å². The molecule has 0 radical (unpaired) electrons. The second-order valence-electron chi connectivity index (χ2n) is 5.59. The van der Waals surface area contributed by atoms with Crippen molar-refractivity contribution in [2.75, 3.05) is 26.2 Å². The van der Waals surface area contributed by atoms with E-state index >= 15 is 0 Å². The van der Waals surface area contributed by atoms with Gasteiger partial charge in [-0.25, -0.2) is 0 Å². The molecule has 0 spiro atoms. The Morgan fingerprint density at radius 1 is 0.957 bits per heavy atom. The average Bonchev–Trinajstić information content (AvgIpc) is 2.54. The first-order valence-corrected chi connectivity index (χ1v) is 7.60. The Labute approximate surface area is 150 Å². The number of nitrogens with zero attached hydrogens (tertiary/aromatic N) is 1. The van der Waals surface area contributed by atoms with Crippen LogP contribution in [-0.4, -0.2) is 36.2 Å². The third-order valence-electron chi connectivity index (χ3n) is 4.12. The molecular weight excluding hydrogens is 331 g/mol. The average molecular weight is 355 g/mol. The Morgan fingerprint density at radius 3 is 2.30 bits per heavy atom. The van der Waals surface area contributed by atoms with Crippen LogP contribution in [0, 0.1) is 0 Å². The van der Waals surface area contributed by atoms with Gasteiger partial charge in [-0.15, -0.1) is 24.8 Å². The Hall–Kier alpha value is -1.26. The summed E-state index contributed by atoms with van der Waals surface area (Å²) in [5.74, 6) is 0.347. The highest BCUT2D eigenvalue weighted by Gasteiger charge is 2.22. The molecule has 2 N–H and O–H groups in total. The zero-order valence-electron chi connectivity index (χ0n) is 13.0. The standard InChI is InChI=1S/C18H22N2O.2ClH/c21-17-8-4-5-15(13-17)14-18(16-6-2-1-3-7-16)20-11-9-19-10-12-20;;/h1-8,13,18-19,21H,9-12,14H2;2*1H. The number of halogens is 2. The summed E-state index contributed by atoms with van der Waals surface area (Å²) in [7, 11) is 0. The first-order chi connectivity index (χ1) is 10.3. The molecule has 1 heterocycles. The van der Waals surface area contributed by atoms with Gasteiger partial charge in [0.05, 0.1) is 0 Å². The van der Waals surface area contributed by atoms with E-state index in [1.807, 2.05) is 12.1 Å². The number of hydrogen-bond acceptors (Lipinski definition) is 3. The van der Waals surface area contributed by atoms with Crippen LogP contribution in [0.25, 0.3) is 0 Å². The lowest BCUT2D eigenvalue weighted by atomic mass is 9.96. The van der Waals surface area contributed by atoms with Crippen molar-refractivity contribution in [1.29, 1.82) is 0 Å². The van der Waals surface area contributed by atoms with Gasteiger partial charge in [0.2, 0.25) is 0 Å². The second kappa shape index (κ2) is 9.78. The Morgan fingerprint density at radius 2 is 1.65 bits per heavy atom. The third kappa shape index (κ3) is 5.40. The number of phenols is 1. The van der Waals surface area contributed by atoms with Gasteiger partial charge in [0, 0.05) is 32.2 Å². The van der Waals surface area contributed by atoms with Crippen molar-refractivity contribution in [2.45, 2.75) is 12.5 Å². The number of hydrogen-bond donors (Lipinski definition) is 2. The summed E-state index contributed by atoms with van der Waals surface area (Å²) >= 11 is 0. The SMILES string of the molecule is Cl.Cl.Oc1cccc(CC(c2ccccc2)N2CCNCC2)c1. The number of piperazine rings is 1. The fourth-order valence-electron chi connectivity index (χ4n) is 3.03. The molecule has 1 aliphatic heterocycles. The van der Waals surface area contributed by atoms with Crippen molar-refractivity contribution in [2.24, 2.45) is 0 Å². The quantitative estimate of drug-likeness (QED) is 0.882. The highest BCUT2D eigenvalue weighted by atomic mass is 35.5. The van der Waals surface area contributed by atoms with Gasteiger partial charge in [0.25, 0.3) is 0 Å². The molecule has 0 bridgehead atoms. The van der Waals surface area contributed by atoms with E-state index in [9.17, 15) is 5.11 Å². The summed E-state index contributed by atoms with van der Waals surface area (Å²) in [6.07, 6.45) is 0.929. The number of aromatic hydroxyl groups is 1. The van der Waals surface area contributed by atoms with Crippen molar-refractivity contribution in [3.8, 4) is 5.75 Å². The van der Waals surface area contributed by atoms with E-state index < -0.39 is 0 Å². The van der Waals surface area contributed by atoms with E-state index in [1.165, 1.54) is 11.1 Å². The van der Waals surface area contributed by atoms with Crippen LogP contribution in [0.3, 0.4) is 0 Å². The summed E-state index contributed by atoms with van der Waals surface area (Å²) in [5.41, 5.74) is 2.53. The Kier molecular flexibility index (Phi) is 8.42. The van der Waals surface area contributed by atoms with Gasteiger partial charge in [-0.05, 0) is 29.7 Å². The highest BCUT2D eigenvalue weighted by Crippen LogP contribution is 2.26. The number of nitrogens with one attached hydrogen (secondary N) is 1. The maximum atomic E-state index is 9.68. The third-order valence-corrected chi connectivity index (χ3v) is 4.12. The summed E-state index contributed by atoms with van der Waals surface area (Å²) in [6.45, 7) is 4.23. The maximum absolute atomic E-state index is 9.68. The molecule has 23 heavy (non-hydrogen) atoms. The van der Waals surface area contributed by atoms with Gasteiger partial charge in [-0.1, -0.05) is 42.5 Å². The smallest absolute Gasteiger partial charge is 0.115 e. The van der Waals surface area contributed by atoms with Crippen LogP contribution < -0.4 is 5.32 Å². The molecule has 1 aliphatic rings. The van der Waals surface area contributed by atoms with Crippen LogP contribution in [0.15, 0.2) is 54.6 Å². The van der Waals surface area contributed by atoms with Crippen molar-refractivity contribution in [1.82, 2.24) is 10.2 Å². The zero-order valence-corrected chi connectivity index (χ0v) is 14.7. The molecular formula is C18H24Cl2N2O. The van der Waals surface area contributed by atoms with Crippen molar-refractivity contribution in [3.63, 3.8) is 0 Å². The van der Waals surface area contributed by atoms with E-state index in [0.29, 0.717) is 11.8 Å². The Balaban J connectivity index is 0.00000132. The van der Waals surface area contributed by atoms with E-state index in [1.54, 1.807) is 6.07 Å². The molecule has 0 amide bonds. The molecule has 0 aliphatic carbocycles. The van der Waals surface area contributed by atoms with Gasteiger partial charge >= 0.3 is 0 Å². The number of rotatable bonds is 4. The molecule has 0 aromatic heterocycles. The van der Waals surface area contributed by atoms with Crippen LogP contribution in [0.5, 0.6) is 5.75 Å². The van der Waals surface area contributed by atoms with Gasteiger partial charge in [0.1, 0.15) is 5.75 Å². The molecule has 2 aromatic carbocycles. The van der Waals surface area contributed by atoms with E-state index in [4.69, 9.17) is 0 Å². The van der Waals surface area contributed by atoms with E-state index in [-0.39, 0.29) is 24.8 Å². The normalized spacial score (nSPS) is 16.0. The van der Waals surface area contributed by atoms with Crippen molar-refractivity contribution < 1.29 is 5.11 Å². The topological polar surface area (TPSA) is 35.5 Å². The molecule has 0 saturated carbocycles. The zero-order chi connectivity index (χ0) is 14.5. The molecule has 1 atom stereocenters. The van der Waals surface area contributed by atoms with Crippen molar-refractivity contribution in [3.05, 3.63) is 65.7 Å². The van der Waals surface area contributed by atoms with Gasteiger partial charge in [-0.2, -0.15) is 0 Å². The molecule has 1 fully saturated rings. The lowest BCUT2D eigenvalue weighted by Gasteiger charge is -2.35. The minimum absolute atomic E-state index is 0. The largest absolute Gasteiger partial charge is 0.508 e. The molecule has 3 nitrogen and oxygen atoms in total. The fraction of sp³-hybridized carbons (Fsp3) is 0.333. The first-order valence-electron chi connectivity index (χ1n) is 7.60. The minimum atomic E-state index is 0. The molecule has 126 valence electrons. The van der Waals surface area contributed by atoms with Gasteiger partial charge in [0.15, 0.2) is 0 Å². The molecule has 3 rings (SSSR count). The van der Waals surface area contributed by atoms with E-state index in [2.05, 4.69) is 46.6 Å². The van der Waals surface area contributed by atoms with Crippen molar-refractivity contribution >= 4 is 24.8 Å². The number of benzene rings is 2. The molecule has 1 saturated heterocycles. The highest BCUT2D eigenvalue weighted by molar-refractivity contribution is 5.85. The Bertz CT molecular complexity index is 574. The predicted octanol–water partition coefficient (Wildman–Crippen LogP) is 3.42. The molecule has 1 unspecified atom stereocenters. The number of phenolic OH excluding ortho intramolecular Hbond substituents is 1. The fourth-order valence-corrected chi connectivity index (χ4v) is 3.03. The first kappa shape index (κ1) is 19.8. The minimum Gasteiger partial charge on any atom is -0.508 e. The summed E-state index contributed by atoms with van der Waals surface area (Å²) < 4.78 is 0. The van der Waals surface area contributed by atoms with Crippen LogP contribution in [0.2, 0.25) is 0 Å². The second-order valence-corrected chi connectivity index (χ2v) is 5.59. The molecule has 2 aromatic rings. The van der Waals surface area contributed by atoms with Crippen LogP contribution in [0.4, 0.5) is 0 Å². The maximum Gasteiger partial charge on any atom is 0.115 e. The van der Waals surface area contributed by atoms with Crippen LogP contribution in [0.1, 0.15) is 17.2 Å². The van der Waals surface area contributed by atoms with Gasteiger partial charge < -0.3 is 10.4 Å². The lowest BCUT2D eigenvalue weighted by molar-refractivity contribution is 0.172. The predicted molar refractivity (Wildman–Crippen MR) is 99.9 cm³/mol.